The van der Waals surface area contributed by atoms with E-state index in [0.29, 0.717) is 34.3 Å². The Morgan fingerprint density at radius 3 is 2.39 bits per heavy atom. The average Bonchev–Trinajstić information content (AvgIpc) is 2.80. The number of carbonyl (C=O) groups is 1. The lowest BCUT2D eigenvalue weighted by Gasteiger charge is -2.06. The number of hydrogen-bond donors (Lipinski definition) is 0. The molecule has 0 saturated heterocycles. The van der Waals surface area contributed by atoms with Crippen molar-refractivity contribution in [1.82, 2.24) is 0 Å². The predicted molar refractivity (Wildman–Crippen MR) is 60.9 cm³/mol. The number of esters is 1. The van der Waals surface area contributed by atoms with Gasteiger partial charge in [-0.05, 0) is 19.9 Å². The molecule has 1 aliphatic heterocycles. The van der Waals surface area contributed by atoms with Gasteiger partial charge in [-0.2, -0.15) is 0 Å². The maximum Gasteiger partial charge on any atom is 0.519 e. The van der Waals surface area contributed by atoms with Gasteiger partial charge >= 0.3 is 11.8 Å². The Kier molecular flexibility index (Phi) is 2.16. The minimum atomic E-state index is -0.761. The first kappa shape index (κ1) is 10.8. The standard InChI is InChI=1S/C13H9O5/c1-6-10-8(11-7(2)17-13(15)18-11)4-3-5-9(10)12(14)16-6/h3-5H,1-2H3. The Balaban J connectivity index is 2.29. The smallest absolute Gasteiger partial charge is 0.446 e. The van der Waals surface area contributed by atoms with Crippen LogP contribution in [0.3, 0.4) is 0 Å². The fraction of sp³-hybridized carbons (Fsp3) is 0.154. The molecule has 5 nitrogen and oxygen atoms in total. The van der Waals surface area contributed by atoms with Crippen molar-refractivity contribution in [2.45, 2.75) is 13.8 Å². The molecule has 0 unspecified atom stereocenters. The minimum Gasteiger partial charge on any atom is -0.446 e. The number of cyclic esters (lactones) is 1. The van der Waals surface area contributed by atoms with Crippen LogP contribution in [-0.4, -0.2) is 5.97 Å². The molecule has 3 rings (SSSR count). The highest BCUT2D eigenvalue weighted by Crippen LogP contribution is 2.38. The van der Waals surface area contributed by atoms with Crippen LogP contribution in [0.15, 0.2) is 31.8 Å². The summed E-state index contributed by atoms with van der Waals surface area (Å²) in [7, 11) is 0. The van der Waals surface area contributed by atoms with Crippen LogP contribution in [0.5, 0.6) is 0 Å². The van der Waals surface area contributed by atoms with Crippen LogP contribution in [0.1, 0.15) is 28.6 Å². The summed E-state index contributed by atoms with van der Waals surface area (Å²) in [5.74, 6) is -0.453. The van der Waals surface area contributed by atoms with E-state index in [2.05, 4.69) is 0 Å². The van der Waals surface area contributed by atoms with Gasteiger partial charge < -0.3 is 13.6 Å². The molecule has 0 aliphatic carbocycles. The van der Waals surface area contributed by atoms with Crippen molar-refractivity contribution in [1.29, 1.82) is 0 Å². The molecule has 0 bridgehead atoms. The van der Waals surface area contributed by atoms with E-state index in [9.17, 15) is 9.59 Å². The summed E-state index contributed by atoms with van der Waals surface area (Å²) in [4.78, 5) is 22.7. The molecular weight excluding hydrogens is 236 g/mol. The Hall–Kier alpha value is -2.30. The van der Waals surface area contributed by atoms with Crippen molar-refractivity contribution in [3.05, 3.63) is 51.8 Å². The largest absolute Gasteiger partial charge is 0.519 e. The molecule has 0 N–H and O–H groups in total. The molecule has 1 radical (unpaired) electrons. The van der Waals surface area contributed by atoms with Crippen LogP contribution in [0.2, 0.25) is 0 Å². The highest BCUT2D eigenvalue weighted by atomic mass is 16.6. The van der Waals surface area contributed by atoms with Gasteiger partial charge in [0.25, 0.3) is 0 Å². The number of hydrogen-bond acceptors (Lipinski definition) is 5. The van der Waals surface area contributed by atoms with Gasteiger partial charge in [0.05, 0.1) is 5.56 Å². The fourth-order valence-corrected chi connectivity index (χ4v) is 2.13. The lowest BCUT2D eigenvalue weighted by atomic mass is 9.97. The van der Waals surface area contributed by atoms with Crippen molar-refractivity contribution in [3.8, 4) is 11.3 Å². The van der Waals surface area contributed by atoms with Gasteiger partial charge in [-0.15, -0.1) is 0 Å². The van der Waals surface area contributed by atoms with Crippen molar-refractivity contribution in [2.24, 2.45) is 0 Å². The molecule has 0 atom stereocenters. The van der Waals surface area contributed by atoms with E-state index >= 15 is 0 Å². The monoisotopic (exact) mass is 245 g/mol. The Labute approximate surface area is 102 Å². The van der Waals surface area contributed by atoms with Gasteiger partial charge in [0.1, 0.15) is 0 Å². The number of carbonyl (C=O) groups excluding carboxylic acids is 1. The number of fused-ring (bicyclic) bond motifs is 1. The van der Waals surface area contributed by atoms with Crippen LogP contribution in [0.4, 0.5) is 0 Å². The number of benzene rings is 1. The van der Waals surface area contributed by atoms with Crippen molar-refractivity contribution in [3.63, 3.8) is 0 Å². The van der Waals surface area contributed by atoms with Crippen LogP contribution >= 0.6 is 0 Å². The van der Waals surface area contributed by atoms with Crippen LogP contribution in [-0.2, 0) is 4.74 Å². The molecule has 0 fully saturated rings. The zero-order valence-corrected chi connectivity index (χ0v) is 9.77. The molecule has 2 heterocycles. The summed E-state index contributed by atoms with van der Waals surface area (Å²) in [5, 5.41) is 0. The van der Waals surface area contributed by atoms with E-state index in [1.54, 1.807) is 32.0 Å². The fourth-order valence-electron chi connectivity index (χ4n) is 2.13. The highest BCUT2D eigenvalue weighted by molar-refractivity contribution is 5.98. The van der Waals surface area contributed by atoms with Gasteiger partial charge in [-0.25, -0.2) is 9.59 Å². The lowest BCUT2D eigenvalue weighted by Crippen LogP contribution is -1.94. The lowest BCUT2D eigenvalue weighted by molar-refractivity contribution is 0.0608. The van der Waals surface area contributed by atoms with E-state index < -0.39 is 11.8 Å². The van der Waals surface area contributed by atoms with Gasteiger partial charge in [0, 0.05) is 11.1 Å². The summed E-state index contributed by atoms with van der Waals surface area (Å²) < 4.78 is 14.9. The van der Waals surface area contributed by atoms with Crippen molar-refractivity contribution >= 4 is 5.97 Å². The zero-order chi connectivity index (χ0) is 12.9. The molecule has 91 valence electrons. The predicted octanol–water partition coefficient (Wildman–Crippen LogP) is 2.28. The summed E-state index contributed by atoms with van der Waals surface area (Å²) in [6.45, 7) is 3.33. The quantitative estimate of drug-likeness (QED) is 0.721. The van der Waals surface area contributed by atoms with E-state index in [1.807, 2.05) is 0 Å². The average molecular weight is 245 g/mol. The maximum absolute atomic E-state index is 11.6. The number of ether oxygens (including phenoxy) is 1. The van der Waals surface area contributed by atoms with E-state index in [0.717, 1.165) is 0 Å². The van der Waals surface area contributed by atoms with Gasteiger partial charge in [0.2, 0.25) is 0 Å². The molecule has 1 aromatic carbocycles. The third-order valence-corrected chi connectivity index (χ3v) is 2.87. The Morgan fingerprint density at radius 1 is 1.00 bits per heavy atom. The molecule has 0 spiro atoms. The summed E-state index contributed by atoms with van der Waals surface area (Å²) in [5.41, 5.74) is 1.74. The van der Waals surface area contributed by atoms with Crippen LogP contribution in [0.25, 0.3) is 11.3 Å². The van der Waals surface area contributed by atoms with Gasteiger partial charge in [0.15, 0.2) is 17.6 Å². The van der Waals surface area contributed by atoms with Crippen LogP contribution in [0, 0.1) is 13.0 Å². The SMILES string of the molecule is C[C]1OC(=O)c2cccc(-c3oc(=O)oc3C)c21. The molecule has 18 heavy (non-hydrogen) atoms. The highest BCUT2D eigenvalue weighted by Gasteiger charge is 2.33. The second-order valence-electron chi connectivity index (χ2n) is 4.01. The third kappa shape index (κ3) is 1.40. The number of rotatable bonds is 1. The molecular formula is C13H9O5. The summed E-state index contributed by atoms with van der Waals surface area (Å²) >= 11 is 0. The van der Waals surface area contributed by atoms with Crippen LogP contribution < -0.4 is 5.82 Å². The summed E-state index contributed by atoms with van der Waals surface area (Å²) in [6, 6.07) is 5.14. The first-order valence-electron chi connectivity index (χ1n) is 5.38. The van der Waals surface area contributed by atoms with Crippen molar-refractivity contribution in [2.75, 3.05) is 0 Å². The molecule has 5 heteroatoms. The minimum absolute atomic E-state index is 0.328. The molecule has 1 aliphatic rings. The normalized spacial score (nSPS) is 14.7. The number of aryl methyl sites for hydroxylation is 1. The molecule has 0 amide bonds. The van der Waals surface area contributed by atoms with Gasteiger partial charge in [-0.1, -0.05) is 12.1 Å². The first-order valence-corrected chi connectivity index (χ1v) is 5.38. The molecule has 0 saturated carbocycles. The topological polar surface area (TPSA) is 69.7 Å². The Bertz CT molecular complexity index is 692. The summed E-state index contributed by atoms with van der Waals surface area (Å²) in [6.07, 6.45) is 0.494. The molecule has 1 aromatic heterocycles. The second kappa shape index (κ2) is 3.60. The van der Waals surface area contributed by atoms with E-state index in [-0.39, 0.29) is 0 Å². The van der Waals surface area contributed by atoms with Crippen molar-refractivity contribution < 1.29 is 18.4 Å². The zero-order valence-electron chi connectivity index (χ0n) is 9.77. The van der Waals surface area contributed by atoms with E-state index in [1.165, 1.54) is 0 Å². The van der Waals surface area contributed by atoms with Gasteiger partial charge in [-0.3, -0.25) is 0 Å². The Morgan fingerprint density at radius 2 is 1.72 bits per heavy atom. The molecule has 2 aromatic rings. The second-order valence-corrected chi connectivity index (χ2v) is 4.01. The third-order valence-electron chi connectivity index (χ3n) is 2.87. The van der Waals surface area contributed by atoms with E-state index in [4.69, 9.17) is 13.6 Å². The first-order chi connectivity index (χ1) is 8.58. The maximum atomic E-state index is 11.6.